The summed E-state index contributed by atoms with van der Waals surface area (Å²) in [6, 6.07) is 8.52. The fraction of sp³-hybridized carbons (Fsp3) is 0.435. The fourth-order valence-electron chi connectivity index (χ4n) is 3.75. The lowest BCUT2D eigenvalue weighted by Gasteiger charge is -2.32. The van der Waals surface area contributed by atoms with E-state index in [1.807, 2.05) is 0 Å². The van der Waals surface area contributed by atoms with Crippen molar-refractivity contribution in [2.24, 2.45) is 0 Å². The molecule has 0 bridgehead atoms. The van der Waals surface area contributed by atoms with Gasteiger partial charge in [0.15, 0.2) is 0 Å². The number of aryl methyl sites for hydroxylation is 1. The molecule has 32 heavy (non-hydrogen) atoms. The molecule has 0 atom stereocenters. The zero-order valence-corrected chi connectivity index (χ0v) is 18.4. The van der Waals surface area contributed by atoms with Gasteiger partial charge >= 0.3 is 6.18 Å². The van der Waals surface area contributed by atoms with E-state index in [1.54, 1.807) is 39.2 Å². The van der Waals surface area contributed by atoms with Crippen molar-refractivity contribution in [3.63, 3.8) is 0 Å². The van der Waals surface area contributed by atoms with E-state index in [2.05, 4.69) is 15.2 Å². The Balaban J connectivity index is 1.54. The SMILES string of the molecule is Cc1nc(C(=O)N(C)C)ccc1C(=O)NC1CCN(Cc2cccc(C(F)(F)F)c2)CC1. The van der Waals surface area contributed by atoms with E-state index < -0.39 is 11.7 Å². The van der Waals surface area contributed by atoms with E-state index in [4.69, 9.17) is 0 Å². The number of likely N-dealkylation sites (tertiary alicyclic amines) is 1. The molecule has 1 aliphatic rings. The van der Waals surface area contributed by atoms with Gasteiger partial charge in [-0.15, -0.1) is 0 Å². The van der Waals surface area contributed by atoms with Crippen molar-refractivity contribution in [1.29, 1.82) is 0 Å². The van der Waals surface area contributed by atoms with Crippen molar-refractivity contribution in [3.05, 3.63) is 64.5 Å². The molecule has 2 amide bonds. The van der Waals surface area contributed by atoms with Crippen LogP contribution in [0.2, 0.25) is 0 Å². The number of hydrogen-bond acceptors (Lipinski definition) is 4. The highest BCUT2D eigenvalue weighted by molar-refractivity contribution is 5.97. The van der Waals surface area contributed by atoms with Gasteiger partial charge in [0.25, 0.3) is 11.8 Å². The van der Waals surface area contributed by atoms with Crippen molar-refractivity contribution in [2.75, 3.05) is 27.2 Å². The first-order chi connectivity index (χ1) is 15.0. The first kappa shape index (κ1) is 23.7. The van der Waals surface area contributed by atoms with E-state index in [0.29, 0.717) is 49.3 Å². The van der Waals surface area contributed by atoms with Crippen LogP contribution in [0.5, 0.6) is 0 Å². The Bertz CT molecular complexity index is 983. The van der Waals surface area contributed by atoms with Gasteiger partial charge in [-0.25, -0.2) is 4.98 Å². The lowest BCUT2D eigenvalue weighted by Crippen LogP contribution is -2.44. The Morgan fingerprint density at radius 2 is 1.84 bits per heavy atom. The van der Waals surface area contributed by atoms with Crippen molar-refractivity contribution < 1.29 is 22.8 Å². The van der Waals surface area contributed by atoms with Crippen molar-refractivity contribution in [3.8, 4) is 0 Å². The Kier molecular flexibility index (Phi) is 7.18. The maximum absolute atomic E-state index is 12.9. The fourth-order valence-corrected chi connectivity index (χ4v) is 3.75. The van der Waals surface area contributed by atoms with E-state index in [-0.39, 0.29) is 23.6 Å². The van der Waals surface area contributed by atoms with Crippen LogP contribution in [-0.4, -0.2) is 59.8 Å². The van der Waals surface area contributed by atoms with Crippen LogP contribution in [0.15, 0.2) is 36.4 Å². The number of pyridine rings is 1. The average molecular weight is 448 g/mol. The molecule has 172 valence electrons. The van der Waals surface area contributed by atoms with Crippen LogP contribution in [0.4, 0.5) is 13.2 Å². The average Bonchev–Trinajstić information content (AvgIpc) is 2.74. The third-order valence-electron chi connectivity index (χ3n) is 5.54. The highest BCUT2D eigenvalue weighted by Gasteiger charge is 2.30. The molecule has 2 aromatic rings. The van der Waals surface area contributed by atoms with Crippen LogP contribution in [0, 0.1) is 6.92 Å². The summed E-state index contributed by atoms with van der Waals surface area (Å²) in [5.74, 6) is -0.469. The number of rotatable bonds is 5. The van der Waals surface area contributed by atoms with Crippen LogP contribution >= 0.6 is 0 Å². The van der Waals surface area contributed by atoms with Gasteiger partial charge in [0.05, 0.1) is 16.8 Å². The highest BCUT2D eigenvalue weighted by atomic mass is 19.4. The standard InChI is InChI=1S/C23H27F3N4O2/c1-15-19(7-8-20(27-15)22(32)29(2)3)21(31)28-18-9-11-30(12-10-18)14-16-5-4-6-17(13-16)23(24,25)26/h4-8,13,18H,9-12,14H2,1-3H3,(H,28,31). The van der Waals surface area contributed by atoms with Crippen molar-refractivity contribution >= 4 is 11.8 Å². The van der Waals surface area contributed by atoms with Crippen LogP contribution in [-0.2, 0) is 12.7 Å². The Morgan fingerprint density at radius 3 is 2.44 bits per heavy atom. The van der Waals surface area contributed by atoms with Crippen LogP contribution in [0.25, 0.3) is 0 Å². The van der Waals surface area contributed by atoms with Crippen LogP contribution < -0.4 is 5.32 Å². The van der Waals surface area contributed by atoms with Gasteiger partial charge in [0.2, 0.25) is 0 Å². The molecule has 3 rings (SSSR count). The molecule has 2 heterocycles. The maximum atomic E-state index is 12.9. The first-order valence-corrected chi connectivity index (χ1v) is 10.4. The molecular weight excluding hydrogens is 421 g/mol. The number of carbonyl (C=O) groups excluding carboxylic acids is 2. The van der Waals surface area contributed by atoms with Crippen LogP contribution in [0.3, 0.4) is 0 Å². The number of carbonyl (C=O) groups is 2. The second-order valence-electron chi connectivity index (χ2n) is 8.25. The quantitative estimate of drug-likeness (QED) is 0.761. The maximum Gasteiger partial charge on any atom is 0.416 e. The highest BCUT2D eigenvalue weighted by Crippen LogP contribution is 2.30. The number of amides is 2. The third-order valence-corrected chi connectivity index (χ3v) is 5.54. The van der Waals surface area contributed by atoms with Gasteiger partial charge in [-0.05, 0) is 43.5 Å². The minimum absolute atomic E-state index is 0.0252. The largest absolute Gasteiger partial charge is 0.416 e. The molecule has 1 aromatic carbocycles. The summed E-state index contributed by atoms with van der Waals surface area (Å²) in [5, 5.41) is 3.01. The normalized spacial score (nSPS) is 15.4. The van der Waals surface area contributed by atoms with E-state index >= 15 is 0 Å². The molecule has 1 aliphatic heterocycles. The Morgan fingerprint density at radius 1 is 1.16 bits per heavy atom. The lowest BCUT2D eigenvalue weighted by molar-refractivity contribution is -0.137. The van der Waals surface area contributed by atoms with Gasteiger partial charge in [-0.2, -0.15) is 13.2 Å². The number of nitrogens with zero attached hydrogens (tertiary/aromatic N) is 3. The molecule has 6 nitrogen and oxygen atoms in total. The number of benzene rings is 1. The molecule has 0 radical (unpaired) electrons. The summed E-state index contributed by atoms with van der Waals surface area (Å²) in [4.78, 5) is 32.5. The second kappa shape index (κ2) is 9.68. The summed E-state index contributed by atoms with van der Waals surface area (Å²) in [5.41, 5.74) is 1.17. The molecule has 1 N–H and O–H groups in total. The smallest absolute Gasteiger partial charge is 0.349 e. The monoisotopic (exact) mass is 448 g/mol. The Labute approximate surface area is 185 Å². The molecule has 1 saturated heterocycles. The number of hydrogen-bond donors (Lipinski definition) is 1. The molecule has 0 aliphatic carbocycles. The lowest BCUT2D eigenvalue weighted by atomic mass is 10.0. The predicted octanol–water partition coefficient (Wildman–Crippen LogP) is 3.51. The molecule has 0 saturated carbocycles. The van der Waals surface area contributed by atoms with Crippen LogP contribution in [0.1, 0.15) is 50.5 Å². The summed E-state index contributed by atoms with van der Waals surface area (Å²) < 4.78 is 38.7. The second-order valence-corrected chi connectivity index (χ2v) is 8.25. The molecule has 1 fully saturated rings. The van der Waals surface area contributed by atoms with Gasteiger partial charge in [0.1, 0.15) is 5.69 Å². The number of piperidine rings is 1. The molecule has 0 unspecified atom stereocenters. The van der Waals surface area contributed by atoms with E-state index in [9.17, 15) is 22.8 Å². The minimum Gasteiger partial charge on any atom is -0.349 e. The van der Waals surface area contributed by atoms with Gasteiger partial charge in [-0.1, -0.05) is 18.2 Å². The molecular formula is C23H27F3N4O2. The third kappa shape index (κ3) is 5.85. The van der Waals surface area contributed by atoms with Gasteiger partial charge in [-0.3, -0.25) is 14.5 Å². The topological polar surface area (TPSA) is 65.5 Å². The molecule has 9 heteroatoms. The summed E-state index contributed by atoms with van der Waals surface area (Å²) >= 11 is 0. The zero-order chi connectivity index (χ0) is 23.5. The summed E-state index contributed by atoms with van der Waals surface area (Å²) in [6.45, 7) is 3.48. The number of halogens is 3. The van der Waals surface area contributed by atoms with Crippen molar-refractivity contribution in [1.82, 2.24) is 20.1 Å². The minimum atomic E-state index is -4.35. The Hall–Kier alpha value is -2.94. The number of aromatic nitrogens is 1. The number of alkyl halides is 3. The van der Waals surface area contributed by atoms with Gasteiger partial charge in [0, 0.05) is 39.8 Å². The zero-order valence-electron chi connectivity index (χ0n) is 18.4. The summed E-state index contributed by atoms with van der Waals surface area (Å²) in [7, 11) is 3.28. The van der Waals surface area contributed by atoms with E-state index in [0.717, 1.165) is 6.07 Å². The van der Waals surface area contributed by atoms with E-state index in [1.165, 1.54) is 17.0 Å². The molecule has 1 aromatic heterocycles. The predicted molar refractivity (Wildman–Crippen MR) is 114 cm³/mol. The van der Waals surface area contributed by atoms with Crippen molar-refractivity contribution in [2.45, 2.75) is 38.5 Å². The summed E-state index contributed by atoms with van der Waals surface area (Å²) in [6.07, 6.45) is -2.94. The first-order valence-electron chi connectivity index (χ1n) is 10.4. The molecule has 0 spiro atoms. The van der Waals surface area contributed by atoms with Gasteiger partial charge < -0.3 is 10.2 Å². The number of nitrogens with one attached hydrogen (secondary N) is 1.